The van der Waals surface area contributed by atoms with E-state index in [-0.39, 0.29) is 18.5 Å². The van der Waals surface area contributed by atoms with Crippen LogP contribution in [0.2, 0.25) is 0 Å². The molecule has 29 heavy (non-hydrogen) atoms. The van der Waals surface area contributed by atoms with E-state index in [0.29, 0.717) is 11.4 Å². The molecule has 1 aliphatic rings. The standard InChI is InChI=1S/C22H28N2O4S/c1-13-7-8-20-19(9-13)24(29(6,26)27)12-21(28-20)22(25)23-17(5)18-11-15(3)14(2)10-16(18)4/h7-11,17,21H,12H2,1-6H3,(H,23,25)/t17-,21+/m1/s1. The molecule has 6 nitrogen and oxygen atoms in total. The van der Waals surface area contributed by atoms with E-state index in [9.17, 15) is 13.2 Å². The summed E-state index contributed by atoms with van der Waals surface area (Å²) in [4.78, 5) is 12.9. The summed E-state index contributed by atoms with van der Waals surface area (Å²) in [6, 6.07) is 9.26. The van der Waals surface area contributed by atoms with Crippen molar-refractivity contribution in [3.8, 4) is 5.75 Å². The van der Waals surface area contributed by atoms with Crippen LogP contribution >= 0.6 is 0 Å². The Labute approximate surface area is 172 Å². The molecule has 2 aromatic carbocycles. The molecule has 2 aromatic rings. The van der Waals surface area contributed by atoms with Gasteiger partial charge < -0.3 is 10.1 Å². The van der Waals surface area contributed by atoms with Crippen molar-refractivity contribution >= 4 is 21.6 Å². The summed E-state index contributed by atoms with van der Waals surface area (Å²) in [7, 11) is -3.55. The Balaban J connectivity index is 1.85. The van der Waals surface area contributed by atoms with Crippen LogP contribution in [0, 0.1) is 27.7 Å². The maximum atomic E-state index is 12.9. The molecule has 2 atom stereocenters. The Morgan fingerprint density at radius 1 is 1.10 bits per heavy atom. The number of benzene rings is 2. The van der Waals surface area contributed by atoms with Crippen LogP contribution in [0.5, 0.6) is 5.75 Å². The molecule has 156 valence electrons. The Bertz CT molecular complexity index is 1060. The quantitative estimate of drug-likeness (QED) is 0.830. The van der Waals surface area contributed by atoms with Crippen LogP contribution in [0.15, 0.2) is 30.3 Å². The predicted octanol–water partition coefficient (Wildman–Crippen LogP) is 3.32. The van der Waals surface area contributed by atoms with Crippen molar-refractivity contribution < 1.29 is 17.9 Å². The highest BCUT2D eigenvalue weighted by atomic mass is 32.2. The minimum absolute atomic E-state index is 0.0558. The molecule has 0 aliphatic carbocycles. The lowest BCUT2D eigenvalue weighted by Crippen LogP contribution is -2.50. The highest BCUT2D eigenvalue weighted by Crippen LogP contribution is 2.36. The predicted molar refractivity (Wildman–Crippen MR) is 115 cm³/mol. The van der Waals surface area contributed by atoms with E-state index in [4.69, 9.17) is 4.74 Å². The van der Waals surface area contributed by atoms with Gasteiger partial charge in [0.2, 0.25) is 10.0 Å². The molecular formula is C22H28N2O4S. The maximum absolute atomic E-state index is 12.9. The van der Waals surface area contributed by atoms with Gasteiger partial charge in [-0.1, -0.05) is 18.2 Å². The zero-order valence-corrected chi connectivity index (χ0v) is 18.6. The maximum Gasteiger partial charge on any atom is 0.263 e. The van der Waals surface area contributed by atoms with Gasteiger partial charge in [0.25, 0.3) is 5.91 Å². The van der Waals surface area contributed by atoms with Gasteiger partial charge in [-0.25, -0.2) is 8.42 Å². The Morgan fingerprint density at radius 3 is 2.41 bits per heavy atom. The number of nitrogens with zero attached hydrogens (tertiary/aromatic N) is 1. The van der Waals surface area contributed by atoms with Gasteiger partial charge in [-0.3, -0.25) is 9.10 Å². The van der Waals surface area contributed by atoms with Gasteiger partial charge >= 0.3 is 0 Å². The van der Waals surface area contributed by atoms with E-state index in [2.05, 4.69) is 24.4 Å². The van der Waals surface area contributed by atoms with Gasteiger partial charge in [0.15, 0.2) is 6.10 Å². The number of carbonyl (C=O) groups is 1. The minimum Gasteiger partial charge on any atom is -0.476 e. The zero-order chi connectivity index (χ0) is 21.5. The minimum atomic E-state index is -3.55. The molecule has 1 aliphatic heterocycles. The largest absolute Gasteiger partial charge is 0.476 e. The lowest BCUT2D eigenvalue weighted by atomic mass is 9.96. The van der Waals surface area contributed by atoms with E-state index in [0.717, 1.165) is 28.5 Å². The summed E-state index contributed by atoms with van der Waals surface area (Å²) in [5, 5.41) is 2.98. The van der Waals surface area contributed by atoms with Gasteiger partial charge in [0, 0.05) is 0 Å². The fraction of sp³-hybridized carbons (Fsp3) is 0.409. The van der Waals surface area contributed by atoms with Crippen molar-refractivity contribution in [1.29, 1.82) is 0 Å². The topological polar surface area (TPSA) is 75.7 Å². The molecule has 1 amide bonds. The number of anilines is 1. The molecule has 1 heterocycles. The Morgan fingerprint density at radius 2 is 1.76 bits per heavy atom. The van der Waals surface area contributed by atoms with Crippen LogP contribution < -0.4 is 14.4 Å². The second-order valence-electron chi connectivity index (χ2n) is 7.90. The number of sulfonamides is 1. The number of carbonyl (C=O) groups excluding carboxylic acids is 1. The second-order valence-corrected chi connectivity index (χ2v) is 9.80. The third-order valence-corrected chi connectivity index (χ3v) is 6.53. The fourth-order valence-corrected chi connectivity index (χ4v) is 4.55. The zero-order valence-electron chi connectivity index (χ0n) is 17.7. The first kappa shape index (κ1) is 21.2. The molecule has 0 saturated carbocycles. The van der Waals surface area contributed by atoms with Crippen LogP contribution in [-0.2, 0) is 14.8 Å². The lowest BCUT2D eigenvalue weighted by molar-refractivity contribution is -0.128. The average molecular weight is 417 g/mol. The van der Waals surface area contributed by atoms with Gasteiger partial charge in [-0.2, -0.15) is 0 Å². The normalized spacial score (nSPS) is 17.3. The van der Waals surface area contributed by atoms with Gasteiger partial charge in [-0.05, 0) is 74.6 Å². The number of hydrogen-bond donors (Lipinski definition) is 1. The van der Waals surface area contributed by atoms with E-state index >= 15 is 0 Å². The lowest BCUT2D eigenvalue weighted by Gasteiger charge is -2.34. The van der Waals surface area contributed by atoms with Crippen molar-refractivity contribution in [2.45, 2.75) is 46.8 Å². The van der Waals surface area contributed by atoms with E-state index in [1.54, 1.807) is 12.1 Å². The molecule has 0 aromatic heterocycles. The Hall–Kier alpha value is -2.54. The monoisotopic (exact) mass is 416 g/mol. The van der Waals surface area contributed by atoms with Crippen LogP contribution in [0.1, 0.15) is 40.8 Å². The highest BCUT2D eigenvalue weighted by molar-refractivity contribution is 7.92. The van der Waals surface area contributed by atoms with Crippen LogP contribution in [0.4, 0.5) is 5.69 Å². The first-order valence-corrected chi connectivity index (χ1v) is 11.5. The summed E-state index contributed by atoms with van der Waals surface area (Å²) >= 11 is 0. The average Bonchev–Trinajstić information content (AvgIpc) is 2.62. The Kier molecular flexibility index (Phi) is 5.63. The molecule has 0 bridgehead atoms. The first-order valence-electron chi connectivity index (χ1n) is 9.60. The van der Waals surface area contributed by atoms with Crippen LogP contribution in [0.3, 0.4) is 0 Å². The van der Waals surface area contributed by atoms with Crippen molar-refractivity contribution in [2.24, 2.45) is 0 Å². The SMILES string of the molecule is Cc1ccc2c(c1)N(S(C)(=O)=O)C[C@@H](C(=O)N[C@H](C)c1cc(C)c(C)cc1C)O2. The van der Waals surface area contributed by atoms with E-state index < -0.39 is 16.1 Å². The molecule has 0 radical (unpaired) electrons. The molecule has 0 spiro atoms. The molecule has 7 heteroatoms. The number of hydrogen-bond acceptors (Lipinski definition) is 4. The summed E-state index contributed by atoms with van der Waals surface area (Å²) in [6.45, 7) is 9.87. The van der Waals surface area contributed by atoms with Gasteiger partial charge in [0.1, 0.15) is 5.75 Å². The van der Waals surface area contributed by atoms with E-state index in [1.807, 2.05) is 33.8 Å². The number of aryl methyl sites for hydroxylation is 4. The smallest absolute Gasteiger partial charge is 0.263 e. The van der Waals surface area contributed by atoms with Crippen LogP contribution in [0.25, 0.3) is 0 Å². The number of nitrogens with one attached hydrogen (secondary N) is 1. The molecule has 1 N–H and O–H groups in total. The molecule has 0 unspecified atom stereocenters. The van der Waals surface area contributed by atoms with Crippen LogP contribution in [-0.4, -0.2) is 33.2 Å². The first-order chi connectivity index (χ1) is 13.5. The number of fused-ring (bicyclic) bond motifs is 1. The van der Waals surface area contributed by atoms with Crippen molar-refractivity contribution in [1.82, 2.24) is 5.32 Å². The summed E-state index contributed by atoms with van der Waals surface area (Å²) < 4.78 is 31.8. The van der Waals surface area contributed by atoms with Crippen molar-refractivity contribution in [3.05, 3.63) is 58.1 Å². The number of rotatable bonds is 4. The summed E-state index contributed by atoms with van der Waals surface area (Å²) in [5.74, 6) is 0.0532. The van der Waals surface area contributed by atoms with Crippen molar-refractivity contribution in [3.63, 3.8) is 0 Å². The highest BCUT2D eigenvalue weighted by Gasteiger charge is 2.35. The van der Waals surface area contributed by atoms with E-state index in [1.165, 1.54) is 9.87 Å². The molecular weight excluding hydrogens is 388 g/mol. The van der Waals surface area contributed by atoms with Gasteiger partial charge in [0.05, 0.1) is 24.5 Å². The second kappa shape index (κ2) is 7.71. The van der Waals surface area contributed by atoms with Gasteiger partial charge in [-0.15, -0.1) is 0 Å². The third-order valence-electron chi connectivity index (χ3n) is 5.38. The molecule has 3 rings (SSSR count). The van der Waals surface area contributed by atoms with Crippen molar-refractivity contribution in [2.75, 3.05) is 17.1 Å². The third kappa shape index (κ3) is 4.40. The number of ether oxygens (including phenoxy) is 1. The summed E-state index contributed by atoms with van der Waals surface area (Å²) in [6.07, 6.45) is 0.217. The summed E-state index contributed by atoms with van der Waals surface area (Å²) in [5.41, 5.74) is 5.89. The fourth-order valence-electron chi connectivity index (χ4n) is 3.65. The number of amides is 1. The molecule has 0 fully saturated rings. The molecule has 0 saturated heterocycles.